The van der Waals surface area contributed by atoms with E-state index in [1.54, 1.807) is 21.8 Å². The summed E-state index contributed by atoms with van der Waals surface area (Å²) in [5.74, 6) is 0. The summed E-state index contributed by atoms with van der Waals surface area (Å²) >= 11 is 11.7. The first kappa shape index (κ1) is 10.5. The average Bonchev–Trinajstić information content (AvgIpc) is 2.83. The van der Waals surface area contributed by atoms with Gasteiger partial charge < -0.3 is 0 Å². The lowest BCUT2D eigenvalue weighted by Gasteiger charge is -1.91. The number of hydrogen-bond acceptors (Lipinski definition) is 4. The van der Waals surface area contributed by atoms with Crippen LogP contribution in [0.15, 0.2) is 18.6 Å². The highest BCUT2D eigenvalue weighted by atomic mass is 35.5. The van der Waals surface area contributed by atoms with Crippen molar-refractivity contribution >= 4 is 34.2 Å². The molecule has 17 heavy (non-hydrogen) atoms. The van der Waals surface area contributed by atoms with Crippen molar-refractivity contribution in [2.45, 2.75) is 0 Å². The normalized spacial score (nSPS) is 11.2. The molecule has 0 spiro atoms. The third kappa shape index (κ3) is 1.75. The van der Waals surface area contributed by atoms with Gasteiger partial charge in [0.2, 0.25) is 5.28 Å². The highest BCUT2D eigenvalue weighted by molar-refractivity contribution is 6.35. The van der Waals surface area contributed by atoms with Crippen LogP contribution >= 0.6 is 23.2 Å². The van der Waals surface area contributed by atoms with Crippen LogP contribution in [0.3, 0.4) is 0 Å². The minimum atomic E-state index is 0.0823. The number of fused-ring (bicyclic) bond motifs is 1. The molecule has 0 radical (unpaired) electrons. The van der Waals surface area contributed by atoms with Gasteiger partial charge in [-0.25, -0.2) is 9.67 Å². The first-order chi connectivity index (χ1) is 8.13. The zero-order valence-electron chi connectivity index (χ0n) is 8.67. The van der Waals surface area contributed by atoms with Gasteiger partial charge in [0.1, 0.15) is 10.8 Å². The van der Waals surface area contributed by atoms with Gasteiger partial charge in [-0.2, -0.15) is 10.1 Å². The second kappa shape index (κ2) is 3.68. The molecular weight excluding hydrogens is 263 g/mol. The van der Waals surface area contributed by atoms with E-state index in [9.17, 15) is 0 Å². The van der Waals surface area contributed by atoms with Crippen molar-refractivity contribution in [3.63, 3.8) is 0 Å². The van der Waals surface area contributed by atoms with E-state index in [1.165, 1.54) is 0 Å². The Balaban J connectivity index is 2.23. The van der Waals surface area contributed by atoms with Gasteiger partial charge in [-0.05, 0) is 11.6 Å². The van der Waals surface area contributed by atoms with Crippen molar-refractivity contribution in [2.75, 3.05) is 0 Å². The van der Waals surface area contributed by atoms with Gasteiger partial charge in [-0.3, -0.25) is 4.68 Å². The molecule has 3 aromatic rings. The van der Waals surface area contributed by atoms with Crippen LogP contribution in [0.2, 0.25) is 10.4 Å². The lowest BCUT2D eigenvalue weighted by atomic mass is 10.4. The van der Waals surface area contributed by atoms with Gasteiger partial charge >= 0.3 is 0 Å². The number of aromatic nitrogens is 6. The van der Waals surface area contributed by atoms with Crippen LogP contribution < -0.4 is 0 Å². The maximum Gasteiger partial charge on any atom is 0.225 e. The topological polar surface area (TPSA) is 61.4 Å². The van der Waals surface area contributed by atoms with E-state index < -0.39 is 0 Å². The number of rotatable bonds is 1. The predicted octanol–water partition coefficient (Wildman–Crippen LogP) is 1.86. The van der Waals surface area contributed by atoms with Crippen molar-refractivity contribution < 1.29 is 0 Å². The predicted molar refractivity (Wildman–Crippen MR) is 63.4 cm³/mol. The fourth-order valence-corrected chi connectivity index (χ4v) is 1.93. The molecule has 3 aromatic heterocycles. The molecule has 3 rings (SSSR count). The average molecular weight is 269 g/mol. The number of halogens is 2. The Kier molecular flexibility index (Phi) is 2.27. The summed E-state index contributed by atoms with van der Waals surface area (Å²) in [6.45, 7) is 0. The maximum atomic E-state index is 5.96. The molecule has 0 amide bonds. The molecule has 0 saturated carbocycles. The van der Waals surface area contributed by atoms with E-state index in [0.717, 1.165) is 5.69 Å². The smallest absolute Gasteiger partial charge is 0.225 e. The van der Waals surface area contributed by atoms with Crippen molar-refractivity contribution in [3.05, 3.63) is 29.0 Å². The van der Waals surface area contributed by atoms with E-state index in [-0.39, 0.29) is 10.4 Å². The number of aryl methyl sites for hydroxylation is 1. The molecule has 0 unspecified atom stereocenters. The Morgan fingerprint density at radius 2 is 2.00 bits per heavy atom. The quantitative estimate of drug-likeness (QED) is 0.499. The Hall–Kier alpha value is -1.66. The molecule has 0 bridgehead atoms. The van der Waals surface area contributed by atoms with E-state index >= 15 is 0 Å². The SMILES string of the molecule is Cn1cc(-n2cc3c(Cl)nc(Cl)nc3n2)cn1. The van der Waals surface area contributed by atoms with Crippen molar-refractivity contribution in [1.82, 2.24) is 29.5 Å². The second-order valence-corrected chi connectivity index (χ2v) is 4.16. The number of hydrogen-bond donors (Lipinski definition) is 0. The lowest BCUT2D eigenvalue weighted by molar-refractivity contribution is 0.766. The van der Waals surface area contributed by atoms with Gasteiger partial charge in [-0.15, -0.1) is 5.10 Å². The monoisotopic (exact) mass is 268 g/mol. The molecule has 6 nitrogen and oxygen atoms in total. The van der Waals surface area contributed by atoms with Crippen molar-refractivity contribution in [2.24, 2.45) is 7.05 Å². The van der Waals surface area contributed by atoms with Crippen molar-refractivity contribution in [3.8, 4) is 5.69 Å². The summed E-state index contributed by atoms with van der Waals surface area (Å²) in [5, 5.41) is 9.35. The molecule has 0 atom stereocenters. The molecule has 0 aliphatic heterocycles. The Morgan fingerprint density at radius 1 is 1.18 bits per heavy atom. The molecule has 0 aliphatic carbocycles. The summed E-state index contributed by atoms with van der Waals surface area (Å²) < 4.78 is 3.32. The van der Waals surface area contributed by atoms with Crippen LogP contribution in [-0.2, 0) is 7.05 Å². The summed E-state index contributed by atoms with van der Waals surface area (Å²) in [6.07, 6.45) is 5.26. The third-order valence-electron chi connectivity index (χ3n) is 2.26. The van der Waals surface area contributed by atoms with Gasteiger partial charge in [0, 0.05) is 13.2 Å². The summed E-state index contributed by atoms with van der Waals surface area (Å²) in [5.41, 5.74) is 1.27. The Labute approximate surface area is 106 Å². The third-order valence-corrected chi connectivity index (χ3v) is 2.72. The molecule has 0 N–H and O–H groups in total. The molecule has 0 saturated heterocycles. The van der Waals surface area contributed by atoms with E-state index in [1.807, 2.05) is 13.2 Å². The summed E-state index contributed by atoms with van der Waals surface area (Å²) in [7, 11) is 1.83. The first-order valence-electron chi connectivity index (χ1n) is 4.71. The molecule has 8 heteroatoms. The van der Waals surface area contributed by atoms with Crippen LogP contribution in [0.5, 0.6) is 0 Å². The highest BCUT2D eigenvalue weighted by Gasteiger charge is 2.10. The van der Waals surface area contributed by atoms with Gasteiger partial charge in [0.05, 0.1) is 17.8 Å². The highest BCUT2D eigenvalue weighted by Crippen LogP contribution is 2.22. The zero-order valence-corrected chi connectivity index (χ0v) is 10.2. The van der Waals surface area contributed by atoms with Gasteiger partial charge in [0.15, 0.2) is 5.65 Å². The molecule has 0 fully saturated rings. The second-order valence-electron chi connectivity index (χ2n) is 3.47. The van der Waals surface area contributed by atoms with Crippen LogP contribution in [0.4, 0.5) is 0 Å². The molecule has 0 aromatic carbocycles. The molecule has 3 heterocycles. The number of nitrogens with zero attached hydrogens (tertiary/aromatic N) is 6. The standard InChI is InChI=1S/C9H6Cl2N6/c1-16-3-5(2-12-16)17-4-6-7(10)13-9(11)14-8(6)15-17/h2-4H,1H3. The van der Waals surface area contributed by atoms with Crippen LogP contribution in [-0.4, -0.2) is 29.5 Å². The van der Waals surface area contributed by atoms with E-state index in [0.29, 0.717) is 11.0 Å². The fourth-order valence-electron chi connectivity index (χ4n) is 1.51. The van der Waals surface area contributed by atoms with Crippen LogP contribution in [0.1, 0.15) is 0 Å². The molecular formula is C9H6Cl2N6. The van der Waals surface area contributed by atoms with Gasteiger partial charge in [0.25, 0.3) is 0 Å². The fraction of sp³-hybridized carbons (Fsp3) is 0.111. The Morgan fingerprint density at radius 3 is 2.71 bits per heavy atom. The first-order valence-corrected chi connectivity index (χ1v) is 5.46. The largest absolute Gasteiger partial charge is 0.274 e. The maximum absolute atomic E-state index is 5.96. The van der Waals surface area contributed by atoms with E-state index in [4.69, 9.17) is 23.2 Å². The Bertz CT molecular complexity index is 701. The van der Waals surface area contributed by atoms with Crippen molar-refractivity contribution in [1.29, 1.82) is 0 Å². The minimum absolute atomic E-state index is 0.0823. The van der Waals surface area contributed by atoms with Gasteiger partial charge in [-0.1, -0.05) is 11.6 Å². The van der Waals surface area contributed by atoms with Crippen LogP contribution in [0, 0.1) is 0 Å². The summed E-state index contributed by atoms with van der Waals surface area (Å²) in [4.78, 5) is 7.86. The lowest BCUT2D eigenvalue weighted by Crippen LogP contribution is -1.92. The van der Waals surface area contributed by atoms with E-state index in [2.05, 4.69) is 20.2 Å². The molecule has 0 aliphatic rings. The zero-order chi connectivity index (χ0) is 12.0. The minimum Gasteiger partial charge on any atom is -0.274 e. The summed E-state index contributed by atoms with van der Waals surface area (Å²) in [6, 6.07) is 0. The molecule has 86 valence electrons. The van der Waals surface area contributed by atoms with Crippen LogP contribution in [0.25, 0.3) is 16.7 Å².